The highest BCUT2D eigenvalue weighted by atomic mass is 35.5. The van der Waals surface area contributed by atoms with Crippen LogP contribution in [0.25, 0.3) is 0 Å². The number of pyridine rings is 1. The molecule has 0 bridgehead atoms. The van der Waals surface area contributed by atoms with E-state index >= 15 is 0 Å². The van der Waals surface area contributed by atoms with Gasteiger partial charge in [0.15, 0.2) is 0 Å². The summed E-state index contributed by atoms with van der Waals surface area (Å²) < 4.78 is 0. The molecule has 2 N–H and O–H groups in total. The minimum absolute atomic E-state index is 0.00362. The fourth-order valence-electron chi connectivity index (χ4n) is 3.26. The second kappa shape index (κ2) is 6.20. The number of halogens is 1. The predicted molar refractivity (Wildman–Crippen MR) is 83.4 cm³/mol. The van der Waals surface area contributed by atoms with Crippen molar-refractivity contribution in [3.8, 4) is 0 Å². The van der Waals surface area contributed by atoms with Gasteiger partial charge in [-0.1, -0.05) is 18.0 Å². The molecule has 0 aromatic carbocycles. The zero-order valence-corrected chi connectivity index (χ0v) is 12.9. The van der Waals surface area contributed by atoms with Crippen molar-refractivity contribution in [2.75, 3.05) is 31.9 Å². The number of likely N-dealkylation sites (tertiary alicyclic amines) is 2. The maximum Gasteiger partial charge on any atom is 0.255 e. The zero-order valence-electron chi connectivity index (χ0n) is 12.1. The van der Waals surface area contributed by atoms with Crippen LogP contribution in [-0.4, -0.2) is 52.9 Å². The van der Waals surface area contributed by atoms with Crippen molar-refractivity contribution in [1.29, 1.82) is 0 Å². The molecule has 5 nitrogen and oxygen atoms in total. The van der Waals surface area contributed by atoms with Gasteiger partial charge < -0.3 is 10.6 Å². The number of hydrogen-bond acceptors (Lipinski definition) is 4. The van der Waals surface area contributed by atoms with Crippen molar-refractivity contribution in [1.82, 2.24) is 14.8 Å². The monoisotopic (exact) mass is 308 g/mol. The first-order valence-corrected chi connectivity index (χ1v) is 7.97. The number of nitrogens with zero attached hydrogens (tertiary/aromatic N) is 3. The van der Waals surface area contributed by atoms with E-state index in [4.69, 9.17) is 17.3 Å². The first kappa shape index (κ1) is 14.6. The lowest BCUT2D eigenvalue weighted by Crippen LogP contribution is -2.41. The molecule has 2 aliphatic heterocycles. The van der Waals surface area contributed by atoms with Gasteiger partial charge in [0.2, 0.25) is 0 Å². The number of aromatic nitrogens is 1. The molecule has 0 saturated carbocycles. The normalized spacial score (nSPS) is 23.5. The van der Waals surface area contributed by atoms with E-state index in [0.29, 0.717) is 16.6 Å². The summed E-state index contributed by atoms with van der Waals surface area (Å²) in [4.78, 5) is 20.9. The summed E-state index contributed by atoms with van der Waals surface area (Å²) >= 11 is 5.95. The highest BCUT2D eigenvalue weighted by molar-refractivity contribution is 6.33. The van der Waals surface area contributed by atoms with Gasteiger partial charge in [-0.05, 0) is 38.4 Å². The van der Waals surface area contributed by atoms with Crippen LogP contribution in [0.5, 0.6) is 0 Å². The summed E-state index contributed by atoms with van der Waals surface area (Å²) in [5.74, 6) is 0.268. The smallest absolute Gasteiger partial charge is 0.255 e. The van der Waals surface area contributed by atoms with Gasteiger partial charge in [0, 0.05) is 25.3 Å². The third-order valence-corrected chi connectivity index (χ3v) is 4.78. The molecule has 1 amide bonds. The van der Waals surface area contributed by atoms with Crippen molar-refractivity contribution in [2.45, 2.75) is 31.7 Å². The second-order valence-corrected chi connectivity index (χ2v) is 6.29. The lowest BCUT2D eigenvalue weighted by Gasteiger charge is -2.32. The molecule has 1 aromatic rings. The minimum Gasteiger partial charge on any atom is -0.382 e. The molecule has 2 fully saturated rings. The first-order chi connectivity index (χ1) is 10.1. The Morgan fingerprint density at radius 3 is 2.76 bits per heavy atom. The van der Waals surface area contributed by atoms with E-state index in [1.807, 2.05) is 4.90 Å². The quantitative estimate of drug-likeness (QED) is 0.908. The highest BCUT2D eigenvalue weighted by Gasteiger charge is 2.31. The Balaban J connectivity index is 1.64. The molecule has 0 spiro atoms. The van der Waals surface area contributed by atoms with Gasteiger partial charge in [-0.15, -0.1) is 0 Å². The fraction of sp³-hybridized carbons (Fsp3) is 0.600. The molecule has 3 rings (SSSR count). The lowest BCUT2D eigenvalue weighted by atomic mass is 10.1. The van der Waals surface area contributed by atoms with Crippen molar-refractivity contribution in [3.05, 3.63) is 22.8 Å². The number of carbonyl (C=O) groups excluding carboxylic acids is 1. The van der Waals surface area contributed by atoms with Gasteiger partial charge in [0.25, 0.3) is 5.91 Å². The van der Waals surface area contributed by atoms with Crippen LogP contribution in [0.15, 0.2) is 12.3 Å². The summed E-state index contributed by atoms with van der Waals surface area (Å²) in [5, 5.41) is 0.340. The van der Waals surface area contributed by atoms with Gasteiger partial charge in [-0.3, -0.25) is 9.69 Å². The summed E-state index contributed by atoms with van der Waals surface area (Å²) in [7, 11) is 0. The van der Waals surface area contributed by atoms with E-state index in [-0.39, 0.29) is 11.7 Å². The predicted octanol–water partition coefficient (Wildman–Crippen LogP) is 2.02. The van der Waals surface area contributed by atoms with Gasteiger partial charge >= 0.3 is 0 Å². The van der Waals surface area contributed by atoms with Crippen LogP contribution in [0.2, 0.25) is 5.02 Å². The van der Waals surface area contributed by atoms with Crippen molar-refractivity contribution in [3.63, 3.8) is 0 Å². The summed E-state index contributed by atoms with van der Waals surface area (Å²) in [6.45, 7) is 3.95. The van der Waals surface area contributed by atoms with Crippen LogP contribution in [-0.2, 0) is 0 Å². The maximum absolute atomic E-state index is 12.5. The molecule has 3 heterocycles. The number of rotatable bonds is 2. The van der Waals surface area contributed by atoms with E-state index in [0.717, 1.165) is 19.5 Å². The Hall–Kier alpha value is -1.33. The molecular weight excluding hydrogens is 288 g/mol. The molecule has 0 aliphatic carbocycles. The Bertz CT molecular complexity index is 530. The summed E-state index contributed by atoms with van der Waals surface area (Å²) in [6.07, 6.45) is 6.46. The van der Waals surface area contributed by atoms with Crippen LogP contribution >= 0.6 is 11.6 Å². The lowest BCUT2D eigenvalue weighted by molar-refractivity contribution is 0.0771. The molecule has 114 valence electrons. The zero-order chi connectivity index (χ0) is 14.8. The molecule has 21 heavy (non-hydrogen) atoms. The van der Waals surface area contributed by atoms with E-state index in [9.17, 15) is 4.79 Å². The van der Waals surface area contributed by atoms with Crippen LogP contribution in [0, 0.1) is 0 Å². The fourth-order valence-corrected chi connectivity index (χ4v) is 3.42. The Morgan fingerprint density at radius 1 is 1.29 bits per heavy atom. The Morgan fingerprint density at radius 2 is 2.05 bits per heavy atom. The van der Waals surface area contributed by atoms with Gasteiger partial charge in [0.05, 0.1) is 10.6 Å². The standard InChI is InChI=1S/C15H21ClN4O/c16-13-8-11(9-18-14(13)17)15(21)20-7-4-12(10-20)19-5-2-1-3-6-19/h8-9,12H,1-7,10H2,(H2,17,18). The molecule has 0 radical (unpaired) electrons. The number of anilines is 1. The van der Waals surface area contributed by atoms with Crippen LogP contribution in [0.4, 0.5) is 5.82 Å². The number of nitrogens with two attached hydrogens (primary N) is 1. The molecular formula is C15H21ClN4O. The summed E-state index contributed by atoms with van der Waals surface area (Å²) in [6, 6.07) is 2.12. The number of piperidine rings is 1. The molecule has 1 aromatic heterocycles. The third kappa shape index (κ3) is 3.14. The van der Waals surface area contributed by atoms with Crippen LogP contribution < -0.4 is 5.73 Å². The van der Waals surface area contributed by atoms with Gasteiger partial charge in [-0.25, -0.2) is 4.98 Å². The minimum atomic E-state index is 0.00362. The molecule has 2 saturated heterocycles. The van der Waals surface area contributed by atoms with E-state index in [1.54, 1.807) is 6.07 Å². The highest BCUT2D eigenvalue weighted by Crippen LogP contribution is 2.23. The number of carbonyl (C=O) groups is 1. The molecule has 1 unspecified atom stereocenters. The topological polar surface area (TPSA) is 62.5 Å². The Kier molecular flexibility index (Phi) is 4.31. The number of nitrogen functional groups attached to an aromatic ring is 1. The molecule has 1 atom stereocenters. The van der Waals surface area contributed by atoms with Crippen LogP contribution in [0.3, 0.4) is 0 Å². The van der Waals surface area contributed by atoms with E-state index < -0.39 is 0 Å². The van der Waals surface area contributed by atoms with Crippen molar-refractivity contribution in [2.24, 2.45) is 0 Å². The first-order valence-electron chi connectivity index (χ1n) is 7.59. The molecule has 2 aliphatic rings. The largest absolute Gasteiger partial charge is 0.382 e. The van der Waals surface area contributed by atoms with Gasteiger partial charge in [0.1, 0.15) is 5.82 Å². The van der Waals surface area contributed by atoms with Crippen molar-refractivity contribution < 1.29 is 4.79 Å². The maximum atomic E-state index is 12.5. The van der Waals surface area contributed by atoms with E-state index in [1.165, 1.54) is 38.5 Å². The Labute approximate surface area is 130 Å². The number of amides is 1. The van der Waals surface area contributed by atoms with Gasteiger partial charge in [-0.2, -0.15) is 0 Å². The van der Waals surface area contributed by atoms with Crippen molar-refractivity contribution >= 4 is 23.3 Å². The average molecular weight is 309 g/mol. The average Bonchev–Trinajstić information content (AvgIpc) is 3.00. The molecule has 6 heteroatoms. The van der Waals surface area contributed by atoms with E-state index in [2.05, 4.69) is 9.88 Å². The summed E-state index contributed by atoms with van der Waals surface area (Å²) in [5.41, 5.74) is 6.11. The van der Waals surface area contributed by atoms with Crippen LogP contribution in [0.1, 0.15) is 36.0 Å². The SMILES string of the molecule is Nc1ncc(C(=O)N2CCC(N3CCCCC3)C2)cc1Cl. The second-order valence-electron chi connectivity index (χ2n) is 5.88. The number of hydrogen-bond donors (Lipinski definition) is 1. The third-order valence-electron chi connectivity index (χ3n) is 4.47.